The molecule has 3 rings (SSSR count). The molecule has 1 saturated carbocycles. The highest BCUT2D eigenvalue weighted by Crippen LogP contribution is 2.33. The number of ether oxygens (including phenoxy) is 3. The standard InChI is InChI=1S/C17H25N3O6/c1-24-16(22)12-9-14(17(23)25-2)20(18-12)4-3-19-5-6-26-15-8-11(10-21)7-13(15)19/h9,11,13,15,21H,3-8,10H2,1-2H3/t11-,13+,15+/m1/s1. The van der Waals surface area contributed by atoms with Crippen LogP contribution in [0.5, 0.6) is 0 Å². The van der Waals surface area contributed by atoms with E-state index in [1.54, 1.807) is 0 Å². The summed E-state index contributed by atoms with van der Waals surface area (Å²) in [6.45, 7) is 2.72. The minimum atomic E-state index is -0.595. The molecule has 1 aromatic rings. The summed E-state index contributed by atoms with van der Waals surface area (Å²) in [6, 6.07) is 1.65. The molecule has 1 aromatic heterocycles. The zero-order valence-electron chi connectivity index (χ0n) is 15.1. The maximum Gasteiger partial charge on any atom is 0.358 e. The van der Waals surface area contributed by atoms with Gasteiger partial charge in [0.1, 0.15) is 5.69 Å². The fourth-order valence-electron chi connectivity index (χ4n) is 3.84. The minimum Gasteiger partial charge on any atom is -0.464 e. The van der Waals surface area contributed by atoms with Crippen LogP contribution in [0.3, 0.4) is 0 Å². The first kappa shape index (κ1) is 18.8. The Labute approximate surface area is 151 Å². The molecule has 0 aromatic carbocycles. The third kappa shape index (κ3) is 3.74. The van der Waals surface area contributed by atoms with Crippen LogP contribution >= 0.6 is 0 Å². The van der Waals surface area contributed by atoms with Crippen molar-refractivity contribution in [2.24, 2.45) is 5.92 Å². The molecule has 26 heavy (non-hydrogen) atoms. The number of morpholine rings is 1. The zero-order chi connectivity index (χ0) is 18.7. The number of aliphatic hydroxyl groups excluding tert-OH is 1. The van der Waals surface area contributed by atoms with E-state index in [2.05, 4.69) is 14.7 Å². The summed E-state index contributed by atoms with van der Waals surface area (Å²) >= 11 is 0. The fraction of sp³-hybridized carbons (Fsp3) is 0.706. The van der Waals surface area contributed by atoms with Gasteiger partial charge in [-0.3, -0.25) is 9.58 Å². The van der Waals surface area contributed by atoms with Gasteiger partial charge in [-0.2, -0.15) is 5.10 Å². The Bertz CT molecular complexity index is 661. The number of rotatable bonds is 6. The topological polar surface area (TPSA) is 103 Å². The Balaban J connectivity index is 1.71. The lowest BCUT2D eigenvalue weighted by Crippen LogP contribution is -2.49. The molecule has 1 aliphatic carbocycles. The molecule has 2 aliphatic rings. The molecule has 144 valence electrons. The van der Waals surface area contributed by atoms with Gasteiger partial charge in [0.05, 0.1) is 33.5 Å². The number of esters is 2. The van der Waals surface area contributed by atoms with E-state index in [1.165, 1.54) is 25.0 Å². The SMILES string of the molecule is COC(=O)c1cc(C(=O)OC)n(CCN2CCO[C@H]3C[C@H](CO)C[C@@H]32)n1. The van der Waals surface area contributed by atoms with Crippen molar-refractivity contribution < 1.29 is 28.9 Å². The third-order valence-electron chi connectivity index (χ3n) is 5.18. The van der Waals surface area contributed by atoms with Crippen LogP contribution < -0.4 is 0 Å². The fourth-order valence-corrected chi connectivity index (χ4v) is 3.84. The first-order chi connectivity index (χ1) is 12.6. The van der Waals surface area contributed by atoms with Crippen molar-refractivity contribution in [2.45, 2.75) is 31.5 Å². The van der Waals surface area contributed by atoms with E-state index in [1.807, 2.05) is 0 Å². The molecular formula is C17H25N3O6. The van der Waals surface area contributed by atoms with Crippen LogP contribution in [-0.2, 0) is 20.8 Å². The summed E-state index contributed by atoms with van der Waals surface area (Å²) in [5.74, 6) is -0.873. The van der Waals surface area contributed by atoms with E-state index in [0.717, 1.165) is 19.4 Å². The molecule has 0 bridgehead atoms. The van der Waals surface area contributed by atoms with Gasteiger partial charge in [-0.05, 0) is 18.8 Å². The summed E-state index contributed by atoms with van der Waals surface area (Å²) in [6.07, 6.45) is 1.92. The quantitative estimate of drug-likeness (QED) is 0.697. The average Bonchev–Trinajstić information content (AvgIpc) is 3.29. The molecule has 2 fully saturated rings. The molecule has 9 heteroatoms. The van der Waals surface area contributed by atoms with Gasteiger partial charge in [0.25, 0.3) is 0 Å². The van der Waals surface area contributed by atoms with Crippen LogP contribution in [0.4, 0.5) is 0 Å². The number of carbonyl (C=O) groups is 2. The van der Waals surface area contributed by atoms with Gasteiger partial charge in [-0.25, -0.2) is 9.59 Å². The molecule has 2 heterocycles. The predicted octanol–water partition coefficient (Wildman–Crippen LogP) is -0.0720. The smallest absolute Gasteiger partial charge is 0.358 e. The molecule has 1 N–H and O–H groups in total. The maximum absolute atomic E-state index is 12.0. The number of hydrogen-bond donors (Lipinski definition) is 1. The second kappa shape index (κ2) is 8.15. The van der Waals surface area contributed by atoms with Crippen molar-refractivity contribution in [1.29, 1.82) is 0 Å². The van der Waals surface area contributed by atoms with Gasteiger partial charge in [0.2, 0.25) is 0 Å². The molecule has 0 spiro atoms. The lowest BCUT2D eigenvalue weighted by Gasteiger charge is -2.37. The van der Waals surface area contributed by atoms with E-state index >= 15 is 0 Å². The Morgan fingerprint density at radius 3 is 2.73 bits per heavy atom. The summed E-state index contributed by atoms with van der Waals surface area (Å²) in [5, 5.41) is 13.6. The van der Waals surface area contributed by atoms with E-state index in [-0.39, 0.29) is 36.1 Å². The lowest BCUT2D eigenvalue weighted by molar-refractivity contribution is -0.0569. The van der Waals surface area contributed by atoms with Crippen LogP contribution in [0.25, 0.3) is 0 Å². The Kier molecular flexibility index (Phi) is 5.90. The van der Waals surface area contributed by atoms with Crippen molar-refractivity contribution in [2.75, 3.05) is 40.5 Å². The monoisotopic (exact) mass is 367 g/mol. The number of aromatic nitrogens is 2. The number of carbonyl (C=O) groups excluding carboxylic acids is 2. The number of hydrogen-bond acceptors (Lipinski definition) is 8. The first-order valence-corrected chi connectivity index (χ1v) is 8.78. The number of aliphatic hydroxyl groups is 1. The largest absolute Gasteiger partial charge is 0.464 e. The lowest BCUT2D eigenvalue weighted by atomic mass is 10.1. The van der Waals surface area contributed by atoms with Crippen LogP contribution in [0.2, 0.25) is 0 Å². The van der Waals surface area contributed by atoms with Crippen molar-refractivity contribution in [1.82, 2.24) is 14.7 Å². The third-order valence-corrected chi connectivity index (χ3v) is 5.18. The first-order valence-electron chi connectivity index (χ1n) is 8.78. The minimum absolute atomic E-state index is 0.0777. The molecule has 0 unspecified atom stereocenters. The zero-order valence-corrected chi connectivity index (χ0v) is 15.1. The van der Waals surface area contributed by atoms with Crippen molar-refractivity contribution >= 4 is 11.9 Å². The number of methoxy groups -OCH3 is 2. The van der Waals surface area contributed by atoms with Gasteiger partial charge < -0.3 is 19.3 Å². The van der Waals surface area contributed by atoms with E-state index in [4.69, 9.17) is 9.47 Å². The van der Waals surface area contributed by atoms with Crippen LogP contribution in [-0.4, -0.2) is 84.4 Å². The van der Waals surface area contributed by atoms with Crippen LogP contribution in [0, 0.1) is 5.92 Å². The van der Waals surface area contributed by atoms with Gasteiger partial charge in [0.15, 0.2) is 5.69 Å². The predicted molar refractivity (Wildman–Crippen MR) is 89.8 cm³/mol. The van der Waals surface area contributed by atoms with Gasteiger partial charge >= 0.3 is 11.9 Å². The van der Waals surface area contributed by atoms with Crippen molar-refractivity contribution in [3.8, 4) is 0 Å². The van der Waals surface area contributed by atoms with Crippen LogP contribution in [0.1, 0.15) is 33.8 Å². The highest BCUT2D eigenvalue weighted by molar-refractivity contribution is 5.93. The average molecular weight is 367 g/mol. The van der Waals surface area contributed by atoms with E-state index in [0.29, 0.717) is 19.7 Å². The number of fused-ring (bicyclic) bond motifs is 1. The Hall–Kier alpha value is -1.97. The summed E-state index contributed by atoms with van der Waals surface area (Å²) in [7, 11) is 2.56. The van der Waals surface area contributed by atoms with Gasteiger partial charge in [-0.15, -0.1) is 0 Å². The molecular weight excluding hydrogens is 342 g/mol. The second-order valence-corrected chi connectivity index (χ2v) is 6.65. The Morgan fingerprint density at radius 2 is 2.04 bits per heavy atom. The molecule has 1 saturated heterocycles. The van der Waals surface area contributed by atoms with Crippen molar-refractivity contribution in [3.63, 3.8) is 0 Å². The maximum atomic E-state index is 12.0. The summed E-state index contributed by atoms with van der Waals surface area (Å²) < 4.78 is 16.8. The van der Waals surface area contributed by atoms with Gasteiger partial charge in [0, 0.05) is 31.8 Å². The molecule has 9 nitrogen and oxygen atoms in total. The molecule has 1 aliphatic heterocycles. The second-order valence-electron chi connectivity index (χ2n) is 6.65. The molecule has 3 atom stereocenters. The summed E-state index contributed by atoms with van der Waals surface area (Å²) in [4.78, 5) is 26.0. The summed E-state index contributed by atoms with van der Waals surface area (Å²) in [5.41, 5.74) is 0.298. The van der Waals surface area contributed by atoms with Crippen molar-refractivity contribution in [3.05, 3.63) is 17.5 Å². The molecule has 0 amide bonds. The normalized spacial score (nSPS) is 25.7. The van der Waals surface area contributed by atoms with Gasteiger partial charge in [-0.1, -0.05) is 0 Å². The van der Waals surface area contributed by atoms with E-state index < -0.39 is 11.9 Å². The highest BCUT2D eigenvalue weighted by Gasteiger charge is 2.40. The number of nitrogens with zero attached hydrogens (tertiary/aromatic N) is 3. The molecule has 0 radical (unpaired) electrons. The Morgan fingerprint density at radius 1 is 1.27 bits per heavy atom. The van der Waals surface area contributed by atoms with E-state index in [9.17, 15) is 14.7 Å². The van der Waals surface area contributed by atoms with Crippen LogP contribution in [0.15, 0.2) is 6.07 Å². The highest BCUT2D eigenvalue weighted by atomic mass is 16.5.